The predicted molar refractivity (Wildman–Crippen MR) is 84.8 cm³/mol. The van der Waals surface area contributed by atoms with Gasteiger partial charge in [-0.3, -0.25) is 0 Å². The summed E-state index contributed by atoms with van der Waals surface area (Å²) < 4.78 is 43.1. The lowest BCUT2D eigenvalue weighted by atomic mass is 10.1. The van der Waals surface area contributed by atoms with E-state index in [1.54, 1.807) is 6.07 Å². The fourth-order valence-corrected chi connectivity index (χ4v) is 2.67. The van der Waals surface area contributed by atoms with Gasteiger partial charge in [-0.05, 0) is 18.2 Å². The fourth-order valence-electron chi connectivity index (χ4n) is 2.06. The number of hydrogen-bond acceptors (Lipinski definition) is 5. The molecule has 1 N–H and O–H groups in total. The van der Waals surface area contributed by atoms with Gasteiger partial charge in [-0.1, -0.05) is 30.3 Å². The lowest BCUT2D eigenvalue weighted by molar-refractivity contribution is -0.137. The van der Waals surface area contributed by atoms with Gasteiger partial charge in [0.15, 0.2) is 5.82 Å². The van der Waals surface area contributed by atoms with E-state index < -0.39 is 17.3 Å². The van der Waals surface area contributed by atoms with Crippen molar-refractivity contribution in [1.82, 2.24) is 9.36 Å². The second-order valence-corrected chi connectivity index (χ2v) is 5.54. The number of hydrogen-bond donors (Lipinski definition) is 1. The Hall–Kier alpha value is -2.92. The predicted octanol–water partition coefficient (Wildman–Crippen LogP) is 4.84. The first kappa shape index (κ1) is 16.0. The molecule has 0 aliphatic heterocycles. The summed E-state index contributed by atoms with van der Waals surface area (Å²) in [5.74, 6) is 0.493. The van der Waals surface area contributed by atoms with Crippen LogP contribution < -0.4 is 5.32 Å². The molecule has 120 valence electrons. The van der Waals surface area contributed by atoms with Crippen LogP contribution in [0.2, 0.25) is 0 Å². The molecule has 0 saturated carbocycles. The minimum absolute atomic E-state index is 0.192. The highest BCUT2D eigenvalue weighted by atomic mass is 32.1. The van der Waals surface area contributed by atoms with E-state index in [0.29, 0.717) is 11.0 Å². The molecule has 4 nitrogen and oxygen atoms in total. The number of rotatable bonds is 3. The molecule has 0 atom stereocenters. The molecule has 3 rings (SSSR count). The van der Waals surface area contributed by atoms with E-state index in [1.807, 2.05) is 30.3 Å². The molecule has 0 aliphatic carbocycles. The normalized spacial score (nSPS) is 11.1. The zero-order valence-corrected chi connectivity index (χ0v) is 12.8. The Morgan fingerprint density at radius 3 is 2.50 bits per heavy atom. The average molecular weight is 346 g/mol. The molecular formula is C16H9F3N4S. The fraction of sp³-hybridized carbons (Fsp3) is 0.0625. The van der Waals surface area contributed by atoms with Crippen LogP contribution in [0.15, 0.2) is 48.5 Å². The first-order valence-corrected chi connectivity index (χ1v) is 7.52. The van der Waals surface area contributed by atoms with E-state index in [0.717, 1.165) is 29.2 Å². The molecule has 0 amide bonds. The van der Waals surface area contributed by atoms with E-state index in [4.69, 9.17) is 5.26 Å². The van der Waals surface area contributed by atoms with Crippen LogP contribution in [0, 0.1) is 11.3 Å². The molecule has 8 heteroatoms. The van der Waals surface area contributed by atoms with Gasteiger partial charge < -0.3 is 5.32 Å². The number of benzene rings is 2. The first-order chi connectivity index (χ1) is 11.5. The van der Waals surface area contributed by atoms with Crippen LogP contribution in [0.4, 0.5) is 24.0 Å². The van der Waals surface area contributed by atoms with Crippen LogP contribution >= 0.6 is 11.5 Å². The van der Waals surface area contributed by atoms with Crippen molar-refractivity contribution in [2.24, 2.45) is 0 Å². The van der Waals surface area contributed by atoms with E-state index in [-0.39, 0.29) is 5.69 Å². The number of alkyl halides is 3. The third-order valence-electron chi connectivity index (χ3n) is 3.15. The SMILES string of the molecule is N#Cc1ccc(Nc2nc(-c3ccccc3)ns2)cc1C(F)(F)F. The second-order valence-electron chi connectivity index (χ2n) is 4.78. The largest absolute Gasteiger partial charge is 0.417 e. The highest BCUT2D eigenvalue weighted by Crippen LogP contribution is 2.34. The molecule has 1 aromatic heterocycles. The van der Waals surface area contributed by atoms with Gasteiger partial charge in [0.05, 0.1) is 17.2 Å². The Labute approximate surface area is 139 Å². The molecule has 0 unspecified atom stereocenters. The van der Waals surface area contributed by atoms with Gasteiger partial charge in [0.2, 0.25) is 5.13 Å². The van der Waals surface area contributed by atoms with Crippen molar-refractivity contribution in [1.29, 1.82) is 5.26 Å². The Morgan fingerprint density at radius 1 is 1.08 bits per heavy atom. The minimum Gasteiger partial charge on any atom is -0.330 e. The summed E-state index contributed by atoms with van der Waals surface area (Å²) in [6.07, 6.45) is -4.60. The van der Waals surface area contributed by atoms with Crippen LogP contribution in [-0.4, -0.2) is 9.36 Å². The molecule has 0 fully saturated rings. The zero-order valence-electron chi connectivity index (χ0n) is 12.0. The van der Waals surface area contributed by atoms with Crippen molar-refractivity contribution in [3.8, 4) is 17.5 Å². The molecule has 0 bridgehead atoms. The zero-order chi connectivity index (χ0) is 17.2. The van der Waals surface area contributed by atoms with E-state index >= 15 is 0 Å². The number of nitrogens with zero attached hydrogens (tertiary/aromatic N) is 3. The number of nitriles is 1. The summed E-state index contributed by atoms with van der Waals surface area (Å²) in [5.41, 5.74) is -0.396. The van der Waals surface area contributed by atoms with Crippen molar-refractivity contribution in [2.75, 3.05) is 5.32 Å². The molecule has 0 radical (unpaired) electrons. The Balaban J connectivity index is 1.87. The van der Waals surface area contributed by atoms with Crippen molar-refractivity contribution in [3.63, 3.8) is 0 Å². The maximum absolute atomic E-state index is 13.0. The molecule has 1 heterocycles. The molecular weight excluding hydrogens is 337 g/mol. The van der Waals surface area contributed by atoms with E-state index in [9.17, 15) is 13.2 Å². The van der Waals surface area contributed by atoms with Crippen molar-refractivity contribution in [2.45, 2.75) is 6.18 Å². The smallest absolute Gasteiger partial charge is 0.330 e. The molecule has 0 aliphatic rings. The van der Waals surface area contributed by atoms with Gasteiger partial charge in [0.25, 0.3) is 0 Å². The van der Waals surface area contributed by atoms with Gasteiger partial charge in [0.1, 0.15) is 0 Å². The summed E-state index contributed by atoms with van der Waals surface area (Å²) in [7, 11) is 0. The molecule has 3 aromatic rings. The standard InChI is InChI=1S/C16H9F3N4S/c17-16(18,19)13-8-12(7-6-11(13)9-20)21-15-22-14(23-24-15)10-4-2-1-3-5-10/h1-8H,(H,21,22,23). The lowest BCUT2D eigenvalue weighted by Gasteiger charge is -2.10. The summed E-state index contributed by atoms with van der Waals surface area (Å²) in [4.78, 5) is 4.26. The van der Waals surface area contributed by atoms with Crippen LogP contribution in [0.3, 0.4) is 0 Å². The van der Waals surface area contributed by atoms with E-state index in [1.165, 1.54) is 6.07 Å². The van der Waals surface area contributed by atoms with Crippen molar-refractivity contribution >= 4 is 22.4 Å². The molecule has 24 heavy (non-hydrogen) atoms. The minimum atomic E-state index is -4.60. The second kappa shape index (κ2) is 6.29. The third-order valence-corrected chi connectivity index (χ3v) is 3.79. The quantitative estimate of drug-likeness (QED) is 0.737. The number of halogens is 3. The van der Waals surface area contributed by atoms with Gasteiger partial charge in [-0.25, -0.2) is 0 Å². The Bertz CT molecular complexity index is 898. The Morgan fingerprint density at radius 2 is 1.83 bits per heavy atom. The number of aromatic nitrogens is 2. The van der Waals surface area contributed by atoms with Gasteiger partial charge in [-0.15, -0.1) is 0 Å². The van der Waals surface area contributed by atoms with Crippen LogP contribution in [-0.2, 0) is 6.18 Å². The maximum atomic E-state index is 13.0. The van der Waals surface area contributed by atoms with Crippen molar-refractivity contribution in [3.05, 3.63) is 59.7 Å². The van der Waals surface area contributed by atoms with Gasteiger partial charge in [-0.2, -0.15) is 27.8 Å². The maximum Gasteiger partial charge on any atom is 0.417 e. The average Bonchev–Trinajstić information content (AvgIpc) is 3.03. The summed E-state index contributed by atoms with van der Waals surface area (Å²) >= 11 is 1.04. The highest BCUT2D eigenvalue weighted by Gasteiger charge is 2.33. The van der Waals surface area contributed by atoms with Gasteiger partial charge >= 0.3 is 6.18 Å². The van der Waals surface area contributed by atoms with E-state index in [2.05, 4.69) is 14.7 Å². The molecule has 2 aromatic carbocycles. The Kier molecular flexibility index (Phi) is 4.18. The summed E-state index contributed by atoms with van der Waals surface area (Å²) in [6, 6.07) is 14.2. The van der Waals surface area contributed by atoms with Crippen LogP contribution in [0.1, 0.15) is 11.1 Å². The molecule has 0 spiro atoms. The lowest BCUT2D eigenvalue weighted by Crippen LogP contribution is -2.08. The van der Waals surface area contributed by atoms with Crippen LogP contribution in [0.25, 0.3) is 11.4 Å². The highest BCUT2D eigenvalue weighted by molar-refractivity contribution is 7.09. The van der Waals surface area contributed by atoms with Crippen LogP contribution in [0.5, 0.6) is 0 Å². The first-order valence-electron chi connectivity index (χ1n) is 6.75. The summed E-state index contributed by atoms with van der Waals surface area (Å²) in [5, 5.41) is 12.0. The molecule has 0 saturated heterocycles. The monoisotopic (exact) mass is 346 g/mol. The van der Waals surface area contributed by atoms with Gasteiger partial charge in [0, 0.05) is 22.8 Å². The van der Waals surface area contributed by atoms with Crippen molar-refractivity contribution < 1.29 is 13.2 Å². The number of anilines is 2. The number of nitrogens with one attached hydrogen (secondary N) is 1. The third kappa shape index (κ3) is 3.36. The topological polar surface area (TPSA) is 61.6 Å². The summed E-state index contributed by atoms with van der Waals surface area (Å²) in [6.45, 7) is 0.